The second kappa shape index (κ2) is 11.1. The average Bonchev–Trinajstić information content (AvgIpc) is 3.33. The molecule has 3 fully saturated rings. The Hall–Kier alpha value is -2.11. The Morgan fingerprint density at radius 3 is 2.41 bits per heavy atom. The molecule has 0 spiro atoms. The Morgan fingerprint density at radius 1 is 1.12 bits per heavy atom. The summed E-state index contributed by atoms with van der Waals surface area (Å²) in [7, 11) is 0. The molecule has 0 N–H and O–H groups in total. The number of carbonyl (C=O) groups excluding carboxylic acids is 1. The standard InChI is InChI=1S/C26H34N4O2S2/c1-3-4-15-29-23(28-13-9-5-6-10-14-28)20(18(2)21(17-27)24(29)31)16-22-25(32)30(26(33)34-22)19-11-7-8-12-19/h16,19H,3-15H2,1-2H3/b22-16-. The molecule has 1 aliphatic carbocycles. The van der Waals surface area contributed by atoms with Gasteiger partial charge in [0.25, 0.3) is 11.5 Å². The van der Waals surface area contributed by atoms with Crippen LogP contribution in [-0.2, 0) is 11.3 Å². The van der Waals surface area contributed by atoms with E-state index < -0.39 is 0 Å². The molecular formula is C26H34N4O2S2. The van der Waals surface area contributed by atoms with Gasteiger partial charge in [0.15, 0.2) is 0 Å². The van der Waals surface area contributed by atoms with Crippen molar-refractivity contribution in [3.8, 4) is 6.07 Å². The molecule has 1 aromatic heterocycles. The first-order valence-electron chi connectivity index (χ1n) is 12.7. The van der Waals surface area contributed by atoms with Crippen LogP contribution < -0.4 is 10.5 Å². The van der Waals surface area contributed by atoms with Crippen molar-refractivity contribution in [3.63, 3.8) is 0 Å². The average molecular weight is 499 g/mol. The molecule has 3 heterocycles. The molecular weight excluding hydrogens is 464 g/mol. The van der Waals surface area contributed by atoms with Gasteiger partial charge in [-0.1, -0.05) is 63.0 Å². The molecule has 0 bridgehead atoms. The molecule has 8 heteroatoms. The highest BCUT2D eigenvalue weighted by atomic mass is 32.2. The van der Waals surface area contributed by atoms with Crippen LogP contribution in [0.3, 0.4) is 0 Å². The first-order valence-corrected chi connectivity index (χ1v) is 13.9. The Bertz CT molecular complexity index is 1090. The summed E-state index contributed by atoms with van der Waals surface area (Å²) in [4.78, 5) is 31.6. The minimum Gasteiger partial charge on any atom is -0.357 e. The van der Waals surface area contributed by atoms with Gasteiger partial charge in [0.1, 0.15) is 21.8 Å². The molecule has 34 heavy (non-hydrogen) atoms. The summed E-state index contributed by atoms with van der Waals surface area (Å²) in [5.41, 5.74) is 1.43. The fraction of sp³-hybridized carbons (Fsp3) is 0.615. The summed E-state index contributed by atoms with van der Waals surface area (Å²) in [5.74, 6) is 0.830. The van der Waals surface area contributed by atoms with E-state index in [1.807, 2.05) is 13.0 Å². The van der Waals surface area contributed by atoms with Gasteiger partial charge < -0.3 is 4.90 Å². The van der Waals surface area contributed by atoms with E-state index in [9.17, 15) is 14.9 Å². The minimum absolute atomic E-state index is 0.0343. The third-order valence-corrected chi connectivity index (χ3v) is 8.61. The highest BCUT2D eigenvalue weighted by molar-refractivity contribution is 8.26. The lowest BCUT2D eigenvalue weighted by molar-refractivity contribution is -0.123. The largest absolute Gasteiger partial charge is 0.357 e. The maximum Gasteiger partial charge on any atom is 0.270 e. The number of amides is 1. The van der Waals surface area contributed by atoms with Crippen LogP contribution in [0.2, 0.25) is 0 Å². The maximum atomic E-state index is 13.4. The van der Waals surface area contributed by atoms with Crippen LogP contribution in [0.15, 0.2) is 9.70 Å². The first kappa shape index (κ1) is 25.0. The molecule has 1 saturated carbocycles. The highest BCUT2D eigenvalue weighted by Gasteiger charge is 2.38. The van der Waals surface area contributed by atoms with Crippen LogP contribution in [0, 0.1) is 18.3 Å². The Labute approximate surface area is 212 Å². The molecule has 0 unspecified atom stereocenters. The number of hydrogen-bond acceptors (Lipinski definition) is 6. The van der Waals surface area contributed by atoms with Gasteiger partial charge >= 0.3 is 0 Å². The van der Waals surface area contributed by atoms with Crippen LogP contribution in [0.25, 0.3) is 6.08 Å². The Morgan fingerprint density at radius 2 is 1.79 bits per heavy atom. The van der Waals surface area contributed by atoms with E-state index in [2.05, 4.69) is 17.9 Å². The number of unbranched alkanes of at least 4 members (excludes halogenated alkanes) is 1. The van der Waals surface area contributed by atoms with Gasteiger partial charge in [0, 0.05) is 31.2 Å². The van der Waals surface area contributed by atoms with Gasteiger partial charge in [-0.05, 0) is 50.7 Å². The van der Waals surface area contributed by atoms with Crippen molar-refractivity contribution in [2.75, 3.05) is 18.0 Å². The first-order chi connectivity index (χ1) is 16.5. The van der Waals surface area contributed by atoms with Gasteiger partial charge in [-0.2, -0.15) is 5.26 Å². The lowest BCUT2D eigenvalue weighted by atomic mass is 10.0. The predicted molar refractivity (Wildman–Crippen MR) is 143 cm³/mol. The maximum absolute atomic E-state index is 13.4. The molecule has 3 aliphatic rings. The number of pyridine rings is 1. The van der Waals surface area contributed by atoms with E-state index in [0.717, 1.165) is 75.8 Å². The van der Waals surface area contributed by atoms with Crippen molar-refractivity contribution < 1.29 is 4.79 Å². The van der Waals surface area contributed by atoms with Crippen LogP contribution in [-0.4, -0.2) is 38.8 Å². The van der Waals surface area contributed by atoms with Crippen LogP contribution in [0.4, 0.5) is 5.82 Å². The SMILES string of the molecule is CCCCn1c(N2CCCCCC2)c(/C=C2\SC(=S)N(C3CCCC3)C2=O)c(C)c(C#N)c1=O. The zero-order valence-corrected chi connectivity index (χ0v) is 21.9. The molecule has 1 amide bonds. The van der Waals surface area contributed by atoms with E-state index in [0.29, 0.717) is 21.3 Å². The number of aromatic nitrogens is 1. The highest BCUT2D eigenvalue weighted by Crippen LogP contribution is 2.39. The summed E-state index contributed by atoms with van der Waals surface area (Å²) in [5, 5.41) is 9.86. The van der Waals surface area contributed by atoms with Crippen molar-refractivity contribution in [1.82, 2.24) is 9.47 Å². The fourth-order valence-electron chi connectivity index (χ4n) is 5.38. The quantitative estimate of drug-likeness (QED) is 0.389. The third kappa shape index (κ3) is 4.83. The fourth-order valence-corrected chi connectivity index (χ4v) is 6.76. The van der Waals surface area contributed by atoms with E-state index >= 15 is 0 Å². The molecule has 6 nitrogen and oxygen atoms in total. The predicted octanol–water partition coefficient (Wildman–Crippen LogP) is 5.35. The van der Waals surface area contributed by atoms with Crippen LogP contribution >= 0.6 is 24.0 Å². The van der Waals surface area contributed by atoms with Crippen molar-refractivity contribution in [2.45, 2.75) is 90.6 Å². The van der Waals surface area contributed by atoms with E-state index in [1.54, 1.807) is 9.47 Å². The number of thioether (sulfide) groups is 1. The van der Waals surface area contributed by atoms with Gasteiger partial charge in [0.05, 0.1) is 4.91 Å². The normalized spacial score (nSPS) is 20.9. The van der Waals surface area contributed by atoms with Gasteiger partial charge in [-0.3, -0.25) is 19.1 Å². The summed E-state index contributed by atoms with van der Waals surface area (Å²) in [6.07, 6.45) is 12.5. The second-order valence-electron chi connectivity index (χ2n) is 9.55. The molecule has 2 saturated heterocycles. The topological polar surface area (TPSA) is 69.3 Å². The molecule has 0 aromatic carbocycles. The lowest BCUT2D eigenvalue weighted by Crippen LogP contribution is -2.37. The third-order valence-electron chi connectivity index (χ3n) is 7.28. The van der Waals surface area contributed by atoms with Gasteiger partial charge in [-0.15, -0.1) is 0 Å². The number of hydrogen-bond donors (Lipinski definition) is 0. The molecule has 182 valence electrons. The van der Waals surface area contributed by atoms with Crippen LogP contribution in [0.5, 0.6) is 0 Å². The van der Waals surface area contributed by atoms with Crippen LogP contribution in [0.1, 0.15) is 87.8 Å². The minimum atomic E-state index is -0.219. The van der Waals surface area contributed by atoms with E-state index in [1.165, 1.54) is 24.6 Å². The molecule has 0 radical (unpaired) electrons. The molecule has 4 rings (SSSR count). The lowest BCUT2D eigenvalue weighted by Gasteiger charge is -2.29. The summed E-state index contributed by atoms with van der Waals surface area (Å²) in [6.45, 7) is 6.27. The number of nitriles is 1. The number of anilines is 1. The van der Waals surface area contributed by atoms with Crippen molar-refractivity contribution in [1.29, 1.82) is 5.26 Å². The molecule has 1 aromatic rings. The zero-order chi connectivity index (χ0) is 24.2. The van der Waals surface area contributed by atoms with E-state index in [-0.39, 0.29) is 23.1 Å². The van der Waals surface area contributed by atoms with Crippen molar-refractivity contribution >= 4 is 46.1 Å². The van der Waals surface area contributed by atoms with Gasteiger partial charge in [-0.25, -0.2) is 0 Å². The molecule has 0 atom stereocenters. The number of rotatable bonds is 6. The van der Waals surface area contributed by atoms with Gasteiger partial charge in [0.2, 0.25) is 0 Å². The number of nitrogens with zero attached hydrogens (tertiary/aromatic N) is 4. The Balaban J connectivity index is 1.86. The Kier molecular flexibility index (Phi) is 8.15. The van der Waals surface area contributed by atoms with Crippen molar-refractivity contribution in [3.05, 3.63) is 31.9 Å². The number of carbonyl (C=O) groups is 1. The smallest absolute Gasteiger partial charge is 0.270 e. The molecule has 2 aliphatic heterocycles. The summed E-state index contributed by atoms with van der Waals surface area (Å²) in [6, 6.07) is 2.35. The zero-order valence-electron chi connectivity index (χ0n) is 20.3. The monoisotopic (exact) mass is 498 g/mol. The summed E-state index contributed by atoms with van der Waals surface area (Å²) >= 11 is 6.97. The second-order valence-corrected chi connectivity index (χ2v) is 11.2. The number of thiocarbonyl (C=S) groups is 1. The summed E-state index contributed by atoms with van der Waals surface area (Å²) < 4.78 is 2.42. The van der Waals surface area contributed by atoms with Crippen molar-refractivity contribution in [2.24, 2.45) is 0 Å². The van der Waals surface area contributed by atoms with E-state index in [4.69, 9.17) is 12.2 Å².